The first kappa shape index (κ1) is 25.5. The first-order valence-corrected chi connectivity index (χ1v) is 8.08. The number of benzene rings is 2. The SMILES string of the molecule is C.C.COc1cc(/C=C/C(=O)CC(=O)/C=C/c2ccc(O)c(OC)c2)ccc1O. The maximum atomic E-state index is 11.9. The normalized spacial score (nSPS) is 10.3. The molecule has 0 saturated heterocycles. The van der Waals surface area contributed by atoms with Crippen LogP contribution in [-0.4, -0.2) is 36.0 Å². The third kappa shape index (κ3) is 7.54. The first-order valence-electron chi connectivity index (χ1n) is 8.08. The van der Waals surface area contributed by atoms with Gasteiger partial charge >= 0.3 is 0 Å². The van der Waals surface area contributed by atoms with Crippen LogP contribution in [0.15, 0.2) is 48.6 Å². The fraction of sp³-hybridized carbons (Fsp3) is 0.217. The van der Waals surface area contributed by atoms with Gasteiger partial charge < -0.3 is 19.7 Å². The van der Waals surface area contributed by atoms with Gasteiger partial charge in [0.1, 0.15) is 0 Å². The molecule has 29 heavy (non-hydrogen) atoms. The molecule has 0 radical (unpaired) electrons. The van der Waals surface area contributed by atoms with E-state index in [0.717, 1.165) is 0 Å². The van der Waals surface area contributed by atoms with Crippen molar-refractivity contribution in [1.82, 2.24) is 0 Å². The summed E-state index contributed by atoms with van der Waals surface area (Å²) in [7, 11) is 2.87. The molecule has 2 aromatic carbocycles. The molecule has 0 aromatic heterocycles. The number of allylic oxidation sites excluding steroid dienone is 2. The van der Waals surface area contributed by atoms with E-state index in [9.17, 15) is 19.8 Å². The number of carbonyl (C=O) groups excluding carboxylic acids is 2. The van der Waals surface area contributed by atoms with Crippen molar-refractivity contribution >= 4 is 23.7 Å². The number of hydrogen-bond donors (Lipinski definition) is 2. The Balaban J connectivity index is 0.00000392. The number of carbonyl (C=O) groups is 2. The van der Waals surface area contributed by atoms with E-state index >= 15 is 0 Å². The highest BCUT2D eigenvalue weighted by Crippen LogP contribution is 2.27. The molecule has 2 N–H and O–H groups in total. The van der Waals surface area contributed by atoms with Crippen LogP contribution < -0.4 is 9.47 Å². The van der Waals surface area contributed by atoms with Gasteiger partial charge in [-0.05, 0) is 47.5 Å². The van der Waals surface area contributed by atoms with Crippen molar-refractivity contribution in [3.63, 3.8) is 0 Å². The number of hydrogen-bond acceptors (Lipinski definition) is 6. The van der Waals surface area contributed by atoms with Crippen LogP contribution in [0.25, 0.3) is 12.2 Å². The molecule has 0 heterocycles. The lowest BCUT2D eigenvalue weighted by Crippen LogP contribution is -2.01. The summed E-state index contributed by atoms with van der Waals surface area (Å²) in [5.74, 6) is -0.0832. The zero-order chi connectivity index (χ0) is 19.8. The number of rotatable bonds is 8. The predicted molar refractivity (Wildman–Crippen MR) is 115 cm³/mol. The van der Waals surface area contributed by atoms with Crippen LogP contribution in [-0.2, 0) is 9.59 Å². The Morgan fingerprint density at radius 1 is 0.793 bits per heavy atom. The maximum absolute atomic E-state index is 11.9. The average molecular weight is 400 g/mol. The summed E-state index contributed by atoms with van der Waals surface area (Å²) in [4.78, 5) is 23.9. The third-order valence-electron chi connectivity index (χ3n) is 3.68. The minimum absolute atomic E-state index is 0. The molecule has 0 aliphatic rings. The van der Waals surface area contributed by atoms with Gasteiger partial charge in [0, 0.05) is 0 Å². The van der Waals surface area contributed by atoms with Crippen LogP contribution in [0.2, 0.25) is 0 Å². The van der Waals surface area contributed by atoms with E-state index in [1.165, 1.54) is 38.5 Å². The van der Waals surface area contributed by atoms with Gasteiger partial charge in [0.2, 0.25) is 0 Å². The van der Waals surface area contributed by atoms with E-state index in [1.54, 1.807) is 36.4 Å². The molecule has 2 aromatic rings. The number of aromatic hydroxyl groups is 2. The average Bonchev–Trinajstić information content (AvgIpc) is 2.66. The van der Waals surface area contributed by atoms with E-state index < -0.39 is 0 Å². The smallest absolute Gasteiger partial charge is 0.163 e. The fourth-order valence-electron chi connectivity index (χ4n) is 2.26. The third-order valence-corrected chi connectivity index (χ3v) is 3.68. The lowest BCUT2D eigenvalue weighted by Gasteiger charge is -2.03. The van der Waals surface area contributed by atoms with Gasteiger partial charge in [0.25, 0.3) is 0 Å². The van der Waals surface area contributed by atoms with Gasteiger partial charge in [-0.15, -0.1) is 0 Å². The Hall–Kier alpha value is -3.54. The number of methoxy groups -OCH3 is 2. The highest BCUT2D eigenvalue weighted by molar-refractivity contribution is 6.10. The summed E-state index contributed by atoms with van der Waals surface area (Å²) in [6.07, 6.45) is 5.44. The molecule has 156 valence electrons. The van der Waals surface area contributed by atoms with E-state index in [2.05, 4.69) is 0 Å². The molecule has 0 spiro atoms. The lowest BCUT2D eigenvalue weighted by atomic mass is 10.1. The molecular weight excluding hydrogens is 372 g/mol. The largest absolute Gasteiger partial charge is 0.504 e. The molecular formula is C23H28O6. The molecule has 6 heteroatoms. The predicted octanol–water partition coefficient (Wildman–Crippen LogP) is 4.64. The highest BCUT2D eigenvalue weighted by atomic mass is 16.5. The van der Waals surface area contributed by atoms with E-state index in [1.807, 2.05) is 0 Å². The van der Waals surface area contributed by atoms with Crippen molar-refractivity contribution in [2.75, 3.05) is 14.2 Å². The first-order chi connectivity index (χ1) is 12.9. The molecule has 0 unspecified atom stereocenters. The van der Waals surface area contributed by atoms with E-state index in [4.69, 9.17) is 9.47 Å². The summed E-state index contributed by atoms with van der Waals surface area (Å²) in [5.41, 5.74) is 1.33. The van der Waals surface area contributed by atoms with Gasteiger partial charge in [0.05, 0.1) is 20.6 Å². The monoisotopic (exact) mass is 400 g/mol. The van der Waals surface area contributed by atoms with Crippen molar-refractivity contribution < 1.29 is 29.3 Å². The summed E-state index contributed by atoms with van der Waals surface area (Å²) < 4.78 is 10.00. The maximum Gasteiger partial charge on any atom is 0.163 e. The van der Waals surface area contributed by atoms with Crippen LogP contribution >= 0.6 is 0 Å². The highest BCUT2D eigenvalue weighted by Gasteiger charge is 2.06. The van der Waals surface area contributed by atoms with Crippen molar-refractivity contribution in [2.24, 2.45) is 0 Å². The molecule has 0 bridgehead atoms. The molecule has 6 nitrogen and oxygen atoms in total. The molecule has 2 rings (SSSR count). The van der Waals surface area contributed by atoms with Crippen LogP contribution in [0, 0.1) is 0 Å². The summed E-state index contributed by atoms with van der Waals surface area (Å²) in [6, 6.07) is 9.34. The zero-order valence-electron chi connectivity index (χ0n) is 15.0. The summed E-state index contributed by atoms with van der Waals surface area (Å²) in [6.45, 7) is 0. The van der Waals surface area contributed by atoms with Gasteiger partial charge in [0.15, 0.2) is 34.6 Å². The Morgan fingerprint density at radius 3 is 1.52 bits per heavy atom. The number of ketones is 2. The lowest BCUT2D eigenvalue weighted by molar-refractivity contribution is -0.121. The van der Waals surface area contributed by atoms with Crippen molar-refractivity contribution in [2.45, 2.75) is 21.3 Å². The van der Waals surface area contributed by atoms with E-state index in [0.29, 0.717) is 22.6 Å². The quantitative estimate of drug-likeness (QED) is 0.495. The minimum atomic E-state index is -0.347. The second-order valence-corrected chi connectivity index (χ2v) is 5.64. The molecule has 0 aliphatic carbocycles. The Bertz CT molecular complexity index is 823. The fourth-order valence-corrected chi connectivity index (χ4v) is 2.26. The molecule has 0 fully saturated rings. The van der Waals surface area contributed by atoms with Crippen molar-refractivity contribution in [1.29, 1.82) is 0 Å². The summed E-state index contributed by atoms with van der Waals surface area (Å²) in [5, 5.41) is 19.1. The number of ether oxygens (including phenoxy) is 2. The van der Waals surface area contributed by atoms with Crippen LogP contribution in [0.1, 0.15) is 32.4 Å². The van der Waals surface area contributed by atoms with E-state index in [-0.39, 0.29) is 44.3 Å². The molecule has 0 saturated carbocycles. The molecule has 0 amide bonds. The second-order valence-electron chi connectivity index (χ2n) is 5.64. The van der Waals surface area contributed by atoms with Gasteiger partial charge in [-0.25, -0.2) is 0 Å². The van der Waals surface area contributed by atoms with Crippen molar-refractivity contribution in [3.05, 3.63) is 59.7 Å². The molecule has 0 aliphatic heterocycles. The Morgan fingerprint density at radius 2 is 1.17 bits per heavy atom. The van der Waals surface area contributed by atoms with Crippen LogP contribution in [0.5, 0.6) is 23.0 Å². The minimum Gasteiger partial charge on any atom is -0.504 e. The van der Waals surface area contributed by atoms with Crippen molar-refractivity contribution in [3.8, 4) is 23.0 Å². The van der Waals surface area contributed by atoms with Gasteiger partial charge in [-0.2, -0.15) is 0 Å². The number of phenolic OH excluding ortho intramolecular Hbond substituents is 2. The van der Waals surface area contributed by atoms with Gasteiger partial charge in [-0.1, -0.05) is 39.1 Å². The van der Waals surface area contributed by atoms with Crippen LogP contribution in [0.4, 0.5) is 0 Å². The summed E-state index contributed by atoms with van der Waals surface area (Å²) >= 11 is 0. The molecule has 0 atom stereocenters. The Kier molecular flexibility index (Phi) is 10.6. The standard InChI is InChI=1S/C21H20O6.2CH4/c1-26-20-11-14(5-9-18(20)24)3-7-16(22)13-17(23)8-4-15-6-10-19(25)21(12-15)27-2;;/h3-12,24-25H,13H2,1-2H3;2*1H4/b7-3+,8-4+;;. The Labute approximate surface area is 171 Å². The number of phenols is 2. The topological polar surface area (TPSA) is 93.1 Å². The van der Waals surface area contributed by atoms with Gasteiger partial charge in [-0.3, -0.25) is 9.59 Å². The second kappa shape index (κ2) is 12.0. The van der Waals surface area contributed by atoms with Crippen LogP contribution in [0.3, 0.4) is 0 Å². The zero-order valence-corrected chi connectivity index (χ0v) is 15.0.